The van der Waals surface area contributed by atoms with E-state index in [1.165, 1.54) is 12.8 Å². The van der Waals surface area contributed by atoms with Gasteiger partial charge in [-0.15, -0.1) is 0 Å². The zero-order valence-electron chi connectivity index (χ0n) is 18.5. The monoisotopic (exact) mass is 437 g/mol. The minimum atomic E-state index is -0.633. The highest BCUT2D eigenvalue weighted by atomic mass is 16.2. The van der Waals surface area contributed by atoms with E-state index < -0.39 is 5.54 Å². The number of hydrazine groups is 1. The molecular weight excluding hydrogens is 406 g/mol. The predicted octanol–water partition coefficient (Wildman–Crippen LogP) is 1.11. The number of likely N-dealkylation sites (tertiary alicyclic amines) is 1. The first-order chi connectivity index (χ1) is 15.6. The number of rotatable bonds is 4. The number of fused-ring (bicyclic) bond motifs is 1. The minimum absolute atomic E-state index is 0.0795. The van der Waals surface area contributed by atoms with Crippen LogP contribution in [0.15, 0.2) is 27.8 Å². The lowest BCUT2D eigenvalue weighted by molar-refractivity contribution is -0.129. The van der Waals surface area contributed by atoms with E-state index >= 15 is 0 Å². The molecule has 0 aromatic carbocycles. The highest BCUT2D eigenvalue weighted by Gasteiger charge is 2.47. The zero-order valence-corrected chi connectivity index (χ0v) is 18.5. The molecule has 1 aromatic rings. The number of hydrogen-bond donors (Lipinski definition) is 4. The number of nitrogens with one attached hydrogen (secondary N) is 4. The van der Waals surface area contributed by atoms with Crippen LogP contribution in [0.1, 0.15) is 57.1 Å². The van der Waals surface area contributed by atoms with Gasteiger partial charge in [0.2, 0.25) is 11.9 Å². The summed E-state index contributed by atoms with van der Waals surface area (Å²) < 4.78 is 0. The molecule has 1 amide bonds. The fourth-order valence-corrected chi connectivity index (χ4v) is 5.15. The molecule has 0 radical (unpaired) electrons. The van der Waals surface area contributed by atoms with Crippen molar-refractivity contribution in [3.05, 3.63) is 23.5 Å². The SMILES string of the molecule is C[C@@]1(C(=O)NC2CCNC2)CCCN1C1=NC(=Nc2cc(C3CC3)[nH]n2)C2=CCCN2N1. The summed E-state index contributed by atoms with van der Waals surface area (Å²) in [6, 6.07) is 2.23. The molecule has 0 bridgehead atoms. The van der Waals surface area contributed by atoms with Gasteiger partial charge in [-0.2, -0.15) is 10.1 Å². The smallest absolute Gasteiger partial charge is 0.245 e. The Morgan fingerprint density at radius 1 is 1.31 bits per heavy atom. The van der Waals surface area contributed by atoms with Crippen molar-refractivity contribution >= 4 is 23.5 Å². The number of guanidine groups is 1. The van der Waals surface area contributed by atoms with Gasteiger partial charge in [0.15, 0.2) is 11.7 Å². The Hall–Kier alpha value is -2.88. The van der Waals surface area contributed by atoms with E-state index in [4.69, 9.17) is 9.98 Å². The summed E-state index contributed by atoms with van der Waals surface area (Å²) in [7, 11) is 0. The fourth-order valence-electron chi connectivity index (χ4n) is 5.15. The lowest BCUT2D eigenvalue weighted by atomic mass is 9.97. The number of carbonyl (C=O) groups is 1. The van der Waals surface area contributed by atoms with Crippen LogP contribution >= 0.6 is 0 Å². The average Bonchev–Trinajstić information content (AvgIpc) is 3.22. The zero-order chi connectivity index (χ0) is 21.7. The first kappa shape index (κ1) is 19.8. The normalized spacial score (nSPS) is 30.9. The number of H-pyrrole nitrogens is 1. The average molecular weight is 438 g/mol. The van der Waals surface area contributed by atoms with Crippen LogP contribution in [0.4, 0.5) is 5.82 Å². The van der Waals surface area contributed by atoms with Gasteiger partial charge in [-0.05, 0) is 52.0 Å². The van der Waals surface area contributed by atoms with E-state index in [0.29, 0.717) is 23.5 Å². The standard InChI is InChI=1S/C22H31N9O/c1-22(20(32)24-15-7-9-23-13-15)8-3-10-30(22)21-26-19(17-4-2-11-31(17)29-21)25-18-12-16(27-28-18)14-5-6-14/h4,12,14-15,23H,2-3,5-11,13H2,1H3,(H,24,32)(H2,25,26,27,28,29)/t15?,22-/m0/s1. The van der Waals surface area contributed by atoms with Crippen molar-refractivity contribution in [2.45, 2.75) is 62.9 Å². The number of nitrogens with zero attached hydrogens (tertiary/aromatic N) is 5. The van der Waals surface area contributed by atoms with Gasteiger partial charge in [-0.1, -0.05) is 6.08 Å². The van der Waals surface area contributed by atoms with E-state index in [2.05, 4.69) is 42.2 Å². The molecule has 2 atom stereocenters. The van der Waals surface area contributed by atoms with Crippen molar-refractivity contribution in [2.75, 3.05) is 26.2 Å². The number of amides is 1. The molecule has 32 heavy (non-hydrogen) atoms. The summed E-state index contributed by atoms with van der Waals surface area (Å²) in [5.41, 5.74) is 4.95. The van der Waals surface area contributed by atoms with E-state index in [9.17, 15) is 4.79 Å². The molecular formula is C22H31N9O. The van der Waals surface area contributed by atoms with Crippen LogP contribution < -0.4 is 16.1 Å². The number of amidine groups is 1. The Balaban J connectivity index is 1.29. The molecule has 1 saturated carbocycles. The molecule has 3 fully saturated rings. The Morgan fingerprint density at radius 2 is 2.22 bits per heavy atom. The van der Waals surface area contributed by atoms with Gasteiger partial charge in [0.1, 0.15) is 5.54 Å². The first-order valence-corrected chi connectivity index (χ1v) is 11.9. The third-order valence-corrected chi connectivity index (χ3v) is 7.26. The van der Waals surface area contributed by atoms with Gasteiger partial charge >= 0.3 is 0 Å². The Labute approximate surface area is 187 Å². The molecule has 5 heterocycles. The largest absolute Gasteiger partial charge is 0.350 e. The summed E-state index contributed by atoms with van der Waals surface area (Å²) in [5, 5.41) is 16.2. The molecule has 1 aliphatic carbocycles. The van der Waals surface area contributed by atoms with Crippen molar-refractivity contribution in [3.63, 3.8) is 0 Å². The van der Waals surface area contributed by atoms with Gasteiger partial charge < -0.3 is 15.5 Å². The minimum Gasteiger partial charge on any atom is -0.350 e. The van der Waals surface area contributed by atoms with Crippen LogP contribution in [0.5, 0.6) is 0 Å². The number of carbonyl (C=O) groups excluding carboxylic acids is 1. The maximum Gasteiger partial charge on any atom is 0.245 e. The summed E-state index contributed by atoms with van der Waals surface area (Å²) >= 11 is 0. The molecule has 0 spiro atoms. The third-order valence-electron chi connectivity index (χ3n) is 7.26. The van der Waals surface area contributed by atoms with Crippen LogP contribution in [-0.4, -0.2) is 75.6 Å². The quantitative estimate of drug-likeness (QED) is 0.561. The summed E-state index contributed by atoms with van der Waals surface area (Å²) in [6.45, 7) is 5.47. The Bertz CT molecular complexity index is 1000. The summed E-state index contributed by atoms with van der Waals surface area (Å²) in [5.74, 6) is 2.69. The summed E-state index contributed by atoms with van der Waals surface area (Å²) in [6.07, 6.45) is 8.26. The maximum atomic E-state index is 13.3. The number of hydrogen-bond acceptors (Lipinski definition) is 7. The van der Waals surface area contributed by atoms with Gasteiger partial charge in [0, 0.05) is 43.4 Å². The van der Waals surface area contributed by atoms with Crippen molar-refractivity contribution in [1.82, 2.24) is 36.2 Å². The lowest BCUT2D eigenvalue weighted by Crippen LogP contribution is -2.62. The van der Waals surface area contributed by atoms with Gasteiger partial charge in [0.05, 0.1) is 5.70 Å². The molecule has 1 aromatic heterocycles. The molecule has 5 aliphatic rings. The Kier molecular flexibility index (Phi) is 4.71. The number of aromatic nitrogens is 2. The fraction of sp³-hybridized carbons (Fsp3) is 0.636. The molecule has 4 N–H and O–H groups in total. The molecule has 1 unspecified atom stereocenters. The molecule has 10 heteroatoms. The topological polar surface area (TPSA) is 113 Å². The number of aromatic amines is 1. The highest BCUT2D eigenvalue weighted by molar-refractivity contribution is 6.09. The molecule has 10 nitrogen and oxygen atoms in total. The molecule has 2 saturated heterocycles. The van der Waals surface area contributed by atoms with Crippen LogP contribution in [0, 0.1) is 0 Å². The first-order valence-electron chi connectivity index (χ1n) is 11.9. The molecule has 4 aliphatic heterocycles. The van der Waals surface area contributed by atoms with Crippen LogP contribution in [0.2, 0.25) is 0 Å². The maximum absolute atomic E-state index is 13.3. The van der Waals surface area contributed by atoms with Crippen LogP contribution in [0.25, 0.3) is 0 Å². The van der Waals surface area contributed by atoms with E-state index in [0.717, 1.165) is 63.3 Å². The Morgan fingerprint density at radius 3 is 3.03 bits per heavy atom. The lowest BCUT2D eigenvalue weighted by Gasteiger charge is -2.40. The van der Waals surface area contributed by atoms with Crippen molar-refractivity contribution in [3.8, 4) is 0 Å². The predicted molar refractivity (Wildman–Crippen MR) is 121 cm³/mol. The second-order valence-corrected chi connectivity index (χ2v) is 9.66. The number of aliphatic imine (C=N–C) groups is 2. The van der Waals surface area contributed by atoms with Crippen molar-refractivity contribution in [1.29, 1.82) is 0 Å². The highest BCUT2D eigenvalue weighted by Crippen LogP contribution is 2.40. The van der Waals surface area contributed by atoms with Gasteiger partial charge in [-0.25, -0.2) is 4.99 Å². The second kappa shape index (κ2) is 7.61. The van der Waals surface area contributed by atoms with E-state index in [1.807, 2.05) is 13.0 Å². The van der Waals surface area contributed by atoms with Crippen LogP contribution in [-0.2, 0) is 4.79 Å². The molecule has 170 valence electrons. The van der Waals surface area contributed by atoms with Crippen molar-refractivity contribution in [2.24, 2.45) is 9.98 Å². The van der Waals surface area contributed by atoms with Crippen molar-refractivity contribution < 1.29 is 4.79 Å². The second-order valence-electron chi connectivity index (χ2n) is 9.66. The van der Waals surface area contributed by atoms with Crippen LogP contribution in [0.3, 0.4) is 0 Å². The summed E-state index contributed by atoms with van der Waals surface area (Å²) in [4.78, 5) is 25.1. The van der Waals surface area contributed by atoms with E-state index in [-0.39, 0.29) is 11.9 Å². The van der Waals surface area contributed by atoms with Gasteiger partial charge in [-0.3, -0.25) is 20.3 Å². The van der Waals surface area contributed by atoms with E-state index in [1.54, 1.807) is 0 Å². The molecule has 6 rings (SSSR count). The van der Waals surface area contributed by atoms with Gasteiger partial charge in [0.25, 0.3) is 0 Å². The third kappa shape index (κ3) is 3.46.